The largest absolute Gasteiger partial charge is 0.361 e. The lowest BCUT2D eigenvalue weighted by molar-refractivity contribution is 0.135. The van der Waals surface area contributed by atoms with Crippen molar-refractivity contribution >= 4 is 21.1 Å². The molecule has 0 amide bonds. The number of fused-ring (bicyclic) bond motifs is 2. The highest BCUT2D eigenvalue weighted by Crippen LogP contribution is 2.42. The number of likely N-dealkylation sites (N-methyl/N-ethyl adjacent to an activating group) is 1. The van der Waals surface area contributed by atoms with Gasteiger partial charge in [0, 0.05) is 55.7 Å². The minimum absolute atomic E-state index is 0.0700. The van der Waals surface area contributed by atoms with E-state index < -0.39 is 10.2 Å². The summed E-state index contributed by atoms with van der Waals surface area (Å²) < 4.78 is 28.5. The van der Waals surface area contributed by atoms with E-state index in [0.717, 1.165) is 19.4 Å². The second-order valence-electron chi connectivity index (χ2n) is 7.24. The number of rotatable bonds is 3. The predicted molar refractivity (Wildman–Crippen MR) is 95.3 cm³/mol. The van der Waals surface area contributed by atoms with Crippen LogP contribution in [-0.4, -0.2) is 62.4 Å². The first-order valence-electron chi connectivity index (χ1n) is 8.35. The third-order valence-electron chi connectivity index (χ3n) is 5.52. The molecule has 3 atom stereocenters. The third kappa shape index (κ3) is 2.47. The first kappa shape index (κ1) is 16.1. The Labute approximate surface area is 143 Å². The van der Waals surface area contributed by atoms with Crippen molar-refractivity contribution in [2.45, 2.75) is 30.8 Å². The number of aromatic nitrogens is 1. The maximum absolute atomic E-state index is 12.2. The number of aromatic amines is 1. The van der Waals surface area contributed by atoms with Crippen molar-refractivity contribution in [2.75, 3.05) is 27.7 Å². The van der Waals surface area contributed by atoms with Crippen molar-refractivity contribution in [3.8, 4) is 0 Å². The highest BCUT2D eigenvalue weighted by atomic mass is 32.2. The van der Waals surface area contributed by atoms with Gasteiger partial charge in [-0.15, -0.1) is 0 Å². The third-order valence-corrected chi connectivity index (χ3v) is 7.11. The molecule has 0 spiro atoms. The highest BCUT2D eigenvalue weighted by molar-refractivity contribution is 7.87. The molecule has 1 unspecified atom stereocenters. The number of hydrogen-bond acceptors (Lipinski definition) is 3. The van der Waals surface area contributed by atoms with Crippen LogP contribution in [0, 0.1) is 0 Å². The Morgan fingerprint density at radius 1 is 1.33 bits per heavy atom. The van der Waals surface area contributed by atoms with E-state index in [0.29, 0.717) is 12.0 Å². The van der Waals surface area contributed by atoms with Gasteiger partial charge in [0.1, 0.15) is 0 Å². The summed E-state index contributed by atoms with van der Waals surface area (Å²) in [6.45, 7) is 0.740. The van der Waals surface area contributed by atoms with Crippen LogP contribution in [0.3, 0.4) is 0 Å². The van der Waals surface area contributed by atoms with Gasteiger partial charge in [-0.1, -0.05) is 12.1 Å². The lowest BCUT2D eigenvalue weighted by Gasteiger charge is -2.45. The van der Waals surface area contributed by atoms with Crippen molar-refractivity contribution in [3.05, 3.63) is 35.5 Å². The van der Waals surface area contributed by atoms with Crippen LogP contribution < -0.4 is 4.72 Å². The Bertz CT molecular complexity index is 874. The molecule has 6 nitrogen and oxygen atoms in total. The van der Waals surface area contributed by atoms with Gasteiger partial charge in [-0.2, -0.15) is 17.4 Å². The monoisotopic (exact) mass is 348 g/mol. The molecule has 0 bridgehead atoms. The molecule has 130 valence electrons. The highest BCUT2D eigenvalue weighted by Gasteiger charge is 2.40. The molecule has 2 aliphatic rings. The summed E-state index contributed by atoms with van der Waals surface area (Å²) in [7, 11) is 1.81. The van der Waals surface area contributed by atoms with E-state index in [9.17, 15) is 8.42 Å². The molecular weight excluding hydrogens is 324 g/mol. The SMILES string of the molecule is CN1C[C@H](NS(=O)(=O)N(C)C)CC2c3cccc4[nH]cc(c34)C[C@H]21. The van der Waals surface area contributed by atoms with Crippen LogP contribution in [0.2, 0.25) is 0 Å². The van der Waals surface area contributed by atoms with Crippen molar-refractivity contribution in [2.24, 2.45) is 0 Å². The first-order chi connectivity index (χ1) is 11.4. The minimum atomic E-state index is -3.41. The van der Waals surface area contributed by atoms with Crippen molar-refractivity contribution in [3.63, 3.8) is 0 Å². The van der Waals surface area contributed by atoms with E-state index in [1.54, 1.807) is 14.1 Å². The number of benzene rings is 1. The number of H-pyrrole nitrogens is 1. The molecule has 1 aromatic heterocycles. The van der Waals surface area contributed by atoms with Gasteiger partial charge in [0.15, 0.2) is 0 Å². The van der Waals surface area contributed by atoms with Crippen LogP contribution in [-0.2, 0) is 16.6 Å². The van der Waals surface area contributed by atoms with Crippen molar-refractivity contribution in [1.82, 2.24) is 18.9 Å². The summed E-state index contributed by atoms with van der Waals surface area (Å²) in [6.07, 6.45) is 3.98. The number of nitrogens with one attached hydrogen (secondary N) is 2. The minimum Gasteiger partial charge on any atom is -0.361 e. The smallest absolute Gasteiger partial charge is 0.279 e. The summed E-state index contributed by atoms with van der Waals surface area (Å²) in [5.41, 5.74) is 3.90. The molecule has 1 aromatic carbocycles. The van der Waals surface area contributed by atoms with Gasteiger partial charge < -0.3 is 9.88 Å². The molecule has 0 radical (unpaired) electrons. The molecular formula is C17H24N4O2S. The maximum Gasteiger partial charge on any atom is 0.279 e. The Kier molecular flexibility index (Phi) is 3.72. The van der Waals surface area contributed by atoms with Gasteiger partial charge in [0.25, 0.3) is 10.2 Å². The Hall–Kier alpha value is -1.41. The van der Waals surface area contributed by atoms with Gasteiger partial charge in [0.05, 0.1) is 0 Å². The first-order valence-corrected chi connectivity index (χ1v) is 9.79. The molecule has 1 aliphatic heterocycles. The van der Waals surface area contributed by atoms with Crippen LogP contribution in [0.25, 0.3) is 10.9 Å². The number of likely N-dealkylation sites (tertiary alicyclic amines) is 1. The Balaban J connectivity index is 1.69. The van der Waals surface area contributed by atoms with Crippen LogP contribution in [0.15, 0.2) is 24.4 Å². The standard InChI is InChI=1S/C17H24N4O2S/c1-20(2)24(22,23)19-12-8-14-13-5-4-6-15-17(13)11(9-18-15)7-16(14)21(3)10-12/h4-6,9,12,14,16,18-19H,7-8,10H2,1-3H3/t12-,14?,16-/m1/s1. The van der Waals surface area contributed by atoms with E-state index in [1.807, 2.05) is 0 Å². The average molecular weight is 348 g/mol. The fraction of sp³-hybridized carbons (Fsp3) is 0.529. The van der Waals surface area contributed by atoms with Gasteiger partial charge in [-0.3, -0.25) is 0 Å². The number of nitrogens with zero attached hydrogens (tertiary/aromatic N) is 2. The van der Waals surface area contributed by atoms with Gasteiger partial charge in [-0.05, 0) is 37.1 Å². The molecule has 7 heteroatoms. The summed E-state index contributed by atoms with van der Waals surface area (Å²) in [6, 6.07) is 6.76. The molecule has 4 rings (SSSR count). The number of piperidine rings is 1. The molecule has 24 heavy (non-hydrogen) atoms. The van der Waals surface area contributed by atoms with Crippen LogP contribution in [0.4, 0.5) is 0 Å². The van der Waals surface area contributed by atoms with Crippen molar-refractivity contribution in [1.29, 1.82) is 0 Å². The van der Waals surface area contributed by atoms with Gasteiger partial charge in [0.2, 0.25) is 0 Å². The Morgan fingerprint density at radius 3 is 2.88 bits per heavy atom. The lowest BCUT2D eigenvalue weighted by atomic mass is 9.74. The molecule has 2 heterocycles. The van der Waals surface area contributed by atoms with Gasteiger partial charge in [-0.25, -0.2) is 0 Å². The van der Waals surface area contributed by atoms with Crippen LogP contribution in [0.5, 0.6) is 0 Å². The van der Waals surface area contributed by atoms with Gasteiger partial charge >= 0.3 is 0 Å². The molecule has 0 saturated carbocycles. The normalized spacial score (nSPS) is 27.6. The molecule has 2 N–H and O–H groups in total. The van der Waals surface area contributed by atoms with E-state index in [1.165, 1.54) is 26.3 Å². The molecule has 2 aromatic rings. The fourth-order valence-corrected chi connectivity index (χ4v) is 5.15. The topological polar surface area (TPSA) is 68.4 Å². The second-order valence-corrected chi connectivity index (χ2v) is 9.16. The summed E-state index contributed by atoms with van der Waals surface area (Å²) in [5.74, 6) is 0.352. The zero-order valence-corrected chi connectivity index (χ0v) is 15.1. The van der Waals surface area contributed by atoms with E-state index >= 15 is 0 Å². The lowest BCUT2D eigenvalue weighted by Crippen LogP contribution is -2.56. The average Bonchev–Trinajstić information content (AvgIpc) is 2.93. The quantitative estimate of drug-likeness (QED) is 0.878. The second kappa shape index (κ2) is 5.56. The fourth-order valence-electron chi connectivity index (χ4n) is 4.34. The molecule has 1 saturated heterocycles. The van der Waals surface area contributed by atoms with Crippen LogP contribution in [0.1, 0.15) is 23.5 Å². The summed E-state index contributed by atoms with van der Waals surface area (Å²) in [5, 5.41) is 1.34. The summed E-state index contributed by atoms with van der Waals surface area (Å²) in [4.78, 5) is 5.68. The molecule has 1 fully saturated rings. The maximum atomic E-state index is 12.2. The van der Waals surface area contributed by atoms with Crippen molar-refractivity contribution < 1.29 is 8.42 Å². The molecule has 1 aliphatic carbocycles. The zero-order chi connectivity index (χ0) is 17.1. The van der Waals surface area contributed by atoms with Crippen LogP contribution >= 0.6 is 0 Å². The predicted octanol–water partition coefficient (Wildman–Crippen LogP) is 1.28. The van der Waals surface area contributed by atoms with E-state index in [4.69, 9.17) is 0 Å². The Morgan fingerprint density at radius 2 is 2.12 bits per heavy atom. The number of hydrogen-bond donors (Lipinski definition) is 2. The van der Waals surface area contributed by atoms with E-state index in [2.05, 4.69) is 46.0 Å². The summed E-state index contributed by atoms with van der Waals surface area (Å²) >= 11 is 0. The zero-order valence-electron chi connectivity index (χ0n) is 14.3. The van der Waals surface area contributed by atoms with E-state index in [-0.39, 0.29) is 6.04 Å².